The van der Waals surface area contributed by atoms with Gasteiger partial charge >= 0.3 is 0 Å². The second-order valence-electron chi connectivity index (χ2n) is 5.98. The standard InChI is InChI=1S/C17H21FN2O2S2/c1-14-4-5-15(18)13-17(14)24(21,22)20-10-8-19(9-11-20)7-6-16-3-2-12-23-16/h2-5,12-13H,6-11H2,1H3. The summed E-state index contributed by atoms with van der Waals surface area (Å²) >= 11 is 1.75. The van der Waals surface area contributed by atoms with Crippen LogP contribution in [0, 0.1) is 12.7 Å². The first-order chi connectivity index (χ1) is 11.5. The van der Waals surface area contributed by atoms with Crippen LogP contribution >= 0.6 is 11.3 Å². The van der Waals surface area contributed by atoms with Gasteiger partial charge in [-0.2, -0.15) is 4.31 Å². The van der Waals surface area contributed by atoms with E-state index in [9.17, 15) is 12.8 Å². The van der Waals surface area contributed by atoms with Crippen LogP contribution in [-0.2, 0) is 16.4 Å². The van der Waals surface area contributed by atoms with Gasteiger partial charge in [-0.15, -0.1) is 11.3 Å². The maximum absolute atomic E-state index is 13.5. The number of thiophene rings is 1. The van der Waals surface area contributed by atoms with Crippen LogP contribution in [0.3, 0.4) is 0 Å². The Hall–Kier alpha value is -1.28. The van der Waals surface area contributed by atoms with Gasteiger partial charge in [0, 0.05) is 37.6 Å². The maximum atomic E-state index is 13.5. The predicted octanol–water partition coefficient (Wildman–Crippen LogP) is 2.74. The number of hydrogen-bond acceptors (Lipinski definition) is 4. The number of rotatable bonds is 5. The highest BCUT2D eigenvalue weighted by atomic mass is 32.2. The summed E-state index contributed by atoms with van der Waals surface area (Å²) in [4.78, 5) is 3.71. The second kappa shape index (κ2) is 7.31. The van der Waals surface area contributed by atoms with E-state index in [0.29, 0.717) is 31.7 Å². The fourth-order valence-corrected chi connectivity index (χ4v) is 5.26. The molecule has 1 aromatic heterocycles. The van der Waals surface area contributed by atoms with E-state index in [1.54, 1.807) is 18.3 Å². The number of aryl methyl sites for hydroxylation is 1. The van der Waals surface area contributed by atoms with Gasteiger partial charge in [-0.25, -0.2) is 12.8 Å². The van der Waals surface area contributed by atoms with E-state index in [-0.39, 0.29) is 4.90 Å². The van der Waals surface area contributed by atoms with Crippen molar-refractivity contribution >= 4 is 21.4 Å². The van der Waals surface area contributed by atoms with Gasteiger partial charge in [-0.3, -0.25) is 0 Å². The Bertz CT molecular complexity index is 783. The van der Waals surface area contributed by atoms with Gasteiger partial charge in [0.2, 0.25) is 10.0 Å². The summed E-state index contributed by atoms with van der Waals surface area (Å²) in [6.07, 6.45) is 0.993. The second-order valence-corrected chi connectivity index (χ2v) is 8.92. The Labute approximate surface area is 146 Å². The van der Waals surface area contributed by atoms with Crippen molar-refractivity contribution in [3.05, 3.63) is 52.0 Å². The molecule has 1 saturated heterocycles. The molecule has 1 aromatic carbocycles. The zero-order valence-electron chi connectivity index (χ0n) is 13.6. The molecule has 0 amide bonds. The summed E-state index contributed by atoms with van der Waals surface area (Å²) in [5, 5.41) is 2.07. The van der Waals surface area contributed by atoms with Gasteiger partial charge in [-0.05, 0) is 42.5 Å². The van der Waals surface area contributed by atoms with E-state index in [1.165, 1.54) is 21.3 Å². The Balaban J connectivity index is 1.62. The highest BCUT2D eigenvalue weighted by molar-refractivity contribution is 7.89. The summed E-state index contributed by atoms with van der Waals surface area (Å²) in [7, 11) is -3.63. The van der Waals surface area contributed by atoms with E-state index in [2.05, 4.69) is 16.3 Å². The summed E-state index contributed by atoms with van der Waals surface area (Å²) in [5.41, 5.74) is 0.580. The van der Waals surface area contributed by atoms with Crippen molar-refractivity contribution in [2.75, 3.05) is 32.7 Å². The fourth-order valence-electron chi connectivity index (χ4n) is 2.91. The third-order valence-corrected chi connectivity index (χ3v) is 7.33. The summed E-state index contributed by atoms with van der Waals surface area (Å²) in [5.74, 6) is -0.520. The maximum Gasteiger partial charge on any atom is 0.243 e. The van der Waals surface area contributed by atoms with Gasteiger partial charge in [0.15, 0.2) is 0 Å². The number of nitrogens with zero attached hydrogens (tertiary/aromatic N) is 2. The first-order valence-electron chi connectivity index (χ1n) is 7.98. The minimum atomic E-state index is -3.63. The highest BCUT2D eigenvalue weighted by Gasteiger charge is 2.29. The third kappa shape index (κ3) is 3.85. The average Bonchev–Trinajstić information content (AvgIpc) is 3.09. The number of hydrogen-bond donors (Lipinski definition) is 0. The van der Waals surface area contributed by atoms with E-state index in [0.717, 1.165) is 19.0 Å². The van der Waals surface area contributed by atoms with Crippen molar-refractivity contribution in [3.8, 4) is 0 Å². The van der Waals surface area contributed by atoms with Gasteiger partial charge in [-0.1, -0.05) is 12.1 Å². The van der Waals surface area contributed by atoms with Crippen molar-refractivity contribution < 1.29 is 12.8 Å². The lowest BCUT2D eigenvalue weighted by atomic mass is 10.2. The van der Waals surface area contributed by atoms with Crippen molar-refractivity contribution in [1.82, 2.24) is 9.21 Å². The number of halogens is 1. The molecule has 130 valence electrons. The van der Waals surface area contributed by atoms with Crippen LogP contribution in [0.4, 0.5) is 4.39 Å². The molecule has 0 N–H and O–H groups in total. The van der Waals surface area contributed by atoms with Crippen LogP contribution in [0.1, 0.15) is 10.4 Å². The topological polar surface area (TPSA) is 40.6 Å². The molecule has 0 atom stereocenters. The third-order valence-electron chi connectivity index (χ3n) is 4.35. The zero-order valence-corrected chi connectivity index (χ0v) is 15.2. The van der Waals surface area contributed by atoms with Crippen LogP contribution in [-0.4, -0.2) is 50.3 Å². The van der Waals surface area contributed by atoms with Crippen LogP contribution in [0.25, 0.3) is 0 Å². The number of sulfonamides is 1. The van der Waals surface area contributed by atoms with Crippen LogP contribution in [0.15, 0.2) is 40.6 Å². The smallest absolute Gasteiger partial charge is 0.243 e. The van der Waals surface area contributed by atoms with E-state index in [1.807, 2.05) is 6.07 Å². The zero-order chi connectivity index (χ0) is 17.2. The van der Waals surface area contributed by atoms with E-state index >= 15 is 0 Å². The average molecular weight is 368 g/mol. The van der Waals surface area contributed by atoms with Gasteiger partial charge in [0.25, 0.3) is 0 Å². The summed E-state index contributed by atoms with van der Waals surface area (Å²) in [6.45, 7) is 4.94. The molecule has 3 rings (SSSR count). The van der Waals surface area contributed by atoms with Gasteiger partial charge in [0.05, 0.1) is 4.90 Å². The molecule has 0 bridgehead atoms. The first kappa shape index (κ1) is 17.5. The SMILES string of the molecule is Cc1ccc(F)cc1S(=O)(=O)N1CCN(CCc2cccs2)CC1. The molecule has 0 spiro atoms. The van der Waals surface area contributed by atoms with Crippen LogP contribution < -0.4 is 0 Å². The van der Waals surface area contributed by atoms with Crippen molar-refractivity contribution in [2.24, 2.45) is 0 Å². The lowest BCUT2D eigenvalue weighted by molar-refractivity contribution is 0.190. The number of benzene rings is 1. The van der Waals surface area contributed by atoms with Gasteiger partial charge in [0.1, 0.15) is 5.82 Å². The number of piperazine rings is 1. The first-order valence-corrected chi connectivity index (χ1v) is 10.3. The molecule has 1 fully saturated rings. The molecule has 7 heteroatoms. The molecular formula is C17H21FN2O2S2. The Morgan fingerprint density at radius 3 is 2.58 bits per heavy atom. The normalized spacial score (nSPS) is 17.2. The van der Waals surface area contributed by atoms with Crippen molar-refractivity contribution in [1.29, 1.82) is 0 Å². The quantitative estimate of drug-likeness (QED) is 0.815. The van der Waals surface area contributed by atoms with E-state index < -0.39 is 15.8 Å². The highest BCUT2D eigenvalue weighted by Crippen LogP contribution is 2.22. The minimum absolute atomic E-state index is 0.0783. The van der Waals surface area contributed by atoms with Crippen molar-refractivity contribution in [3.63, 3.8) is 0 Å². The Morgan fingerprint density at radius 1 is 1.17 bits per heavy atom. The van der Waals surface area contributed by atoms with Crippen LogP contribution in [0.2, 0.25) is 0 Å². The molecule has 0 aliphatic carbocycles. The Morgan fingerprint density at radius 2 is 1.92 bits per heavy atom. The Kier molecular flexibility index (Phi) is 5.34. The largest absolute Gasteiger partial charge is 0.300 e. The predicted molar refractivity (Wildman–Crippen MR) is 94.4 cm³/mol. The lowest BCUT2D eigenvalue weighted by Crippen LogP contribution is -2.49. The summed E-state index contributed by atoms with van der Waals surface area (Å²) in [6, 6.07) is 8.09. The minimum Gasteiger partial charge on any atom is -0.300 e. The molecule has 1 aliphatic rings. The molecule has 0 unspecified atom stereocenters. The summed E-state index contributed by atoms with van der Waals surface area (Å²) < 4.78 is 40.4. The molecule has 2 heterocycles. The van der Waals surface area contributed by atoms with E-state index in [4.69, 9.17) is 0 Å². The fraction of sp³-hybridized carbons (Fsp3) is 0.412. The van der Waals surface area contributed by atoms with Crippen molar-refractivity contribution in [2.45, 2.75) is 18.2 Å². The molecule has 2 aromatic rings. The molecule has 0 radical (unpaired) electrons. The molecular weight excluding hydrogens is 347 g/mol. The molecule has 4 nitrogen and oxygen atoms in total. The molecule has 0 saturated carbocycles. The lowest BCUT2D eigenvalue weighted by Gasteiger charge is -2.34. The molecule has 1 aliphatic heterocycles. The van der Waals surface area contributed by atoms with Gasteiger partial charge < -0.3 is 4.90 Å². The molecule has 24 heavy (non-hydrogen) atoms. The van der Waals surface area contributed by atoms with Crippen LogP contribution in [0.5, 0.6) is 0 Å². The monoisotopic (exact) mass is 368 g/mol.